The second-order valence-electron chi connectivity index (χ2n) is 5.83. The van der Waals surface area contributed by atoms with Crippen molar-refractivity contribution in [1.29, 1.82) is 0 Å². The highest BCUT2D eigenvalue weighted by molar-refractivity contribution is 5.79. The Labute approximate surface area is 143 Å². The van der Waals surface area contributed by atoms with Gasteiger partial charge in [0.1, 0.15) is 0 Å². The maximum absolute atomic E-state index is 12.1. The molecule has 2 nitrogen and oxygen atoms in total. The summed E-state index contributed by atoms with van der Waals surface area (Å²) in [5.74, 6) is 0.0659. The predicted molar refractivity (Wildman–Crippen MR) is 98.7 cm³/mol. The van der Waals surface area contributed by atoms with Gasteiger partial charge in [0.05, 0.1) is 6.42 Å². The van der Waals surface area contributed by atoms with Crippen LogP contribution < -0.4 is 5.32 Å². The third-order valence-corrected chi connectivity index (χ3v) is 3.98. The lowest BCUT2D eigenvalue weighted by Gasteiger charge is -2.07. The molecule has 0 unspecified atom stereocenters. The van der Waals surface area contributed by atoms with Crippen LogP contribution in [0.3, 0.4) is 0 Å². The maximum atomic E-state index is 12.1. The van der Waals surface area contributed by atoms with Crippen LogP contribution in [0, 0.1) is 0 Å². The summed E-state index contributed by atoms with van der Waals surface area (Å²) in [4.78, 5) is 12.1. The van der Waals surface area contributed by atoms with Crippen LogP contribution in [0.1, 0.15) is 11.1 Å². The fourth-order valence-corrected chi connectivity index (χ4v) is 2.73. The molecule has 0 saturated carbocycles. The zero-order valence-electron chi connectivity index (χ0n) is 13.6. The van der Waals surface area contributed by atoms with Crippen molar-refractivity contribution in [2.24, 2.45) is 0 Å². The van der Waals surface area contributed by atoms with Crippen LogP contribution in [0.25, 0.3) is 11.1 Å². The van der Waals surface area contributed by atoms with E-state index >= 15 is 0 Å². The number of rotatable bonds is 6. The standard InChI is InChI=1S/C22H21NO/c24-22(23-15-14-18-8-3-1-4-9-18)17-19-10-7-13-21(16-19)20-11-5-2-6-12-20/h1-13,16H,14-15,17H2,(H,23,24). The Morgan fingerprint density at radius 1 is 0.708 bits per heavy atom. The lowest BCUT2D eigenvalue weighted by Crippen LogP contribution is -2.27. The first-order valence-corrected chi connectivity index (χ1v) is 8.26. The quantitative estimate of drug-likeness (QED) is 0.723. The normalized spacial score (nSPS) is 10.3. The van der Waals surface area contributed by atoms with E-state index in [2.05, 4.69) is 41.7 Å². The Bertz CT molecular complexity index is 781. The zero-order chi connectivity index (χ0) is 16.6. The van der Waals surface area contributed by atoms with Crippen molar-refractivity contribution in [2.75, 3.05) is 6.54 Å². The van der Waals surface area contributed by atoms with Crippen LogP contribution in [0.5, 0.6) is 0 Å². The number of benzene rings is 3. The van der Waals surface area contributed by atoms with Gasteiger partial charge in [0.15, 0.2) is 0 Å². The van der Waals surface area contributed by atoms with Crippen molar-refractivity contribution in [2.45, 2.75) is 12.8 Å². The van der Waals surface area contributed by atoms with E-state index in [0.717, 1.165) is 17.5 Å². The van der Waals surface area contributed by atoms with E-state index in [9.17, 15) is 4.79 Å². The van der Waals surface area contributed by atoms with Gasteiger partial charge in [-0.05, 0) is 28.7 Å². The first-order chi connectivity index (χ1) is 11.8. The van der Waals surface area contributed by atoms with Gasteiger partial charge in [-0.3, -0.25) is 4.79 Å². The molecule has 2 heteroatoms. The summed E-state index contributed by atoms with van der Waals surface area (Å²) in [6.07, 6.45) is 1.27. The number of carbonyl (C=O) groups excluding carboxylic acids is 1. The van der Waals surface area contributed by atoms with Gasteiger partial charge in [0.2, 0.25) is 5.91 Å². The molecule has 0 spiro atoms. The average molecular weight is 315 g/mol. The van der Waals surface area contributed by atoms with E-state index in [4.69, 9.17) is 0 Å². The Kier molecular flexibility index (Phi) is 5.41. The molecule has 1 N–H and O–H groups in total. The van der Waals surface area contributed by atoms with Gasteiger partial charge >= 0.3 is 0 Å². The molecule has 0 aliphatic rings. The second-order valence-corrected chi connectivity index (χ2v) is 5.83. The van der Waals surface area contributed by atoms with Gasteiger partial charge in [0.25, 0.3) is 0 Å². The molecule has 0 bridgehead atoms. The van der Waals surface area contributed by atoms with Crippen LogP contribution in [0.2, 0.25) is 0 Å². The van der Waals surface area contributed by atoms with Gasteiger partial charge in [-0.15, -0.1) is 0 Å². The lowest BCUT2D eigenvalue weighted by atomic mass is 10.0. The monoisotopic (exact) mass is 315 g/mol. The van der Waals surface area contributed by atoms with E-state index in [1.165, 1.54) is 11.1 Å². The number of amides is 1. The Hall–Kier alpha value is -2.87. The van der Waals surface area contributed by atoms with Crippen molar-refractivity contribution in [1.82, 2.24) is 5.32 Å². The Morgan fingerprint density at radius 2 is 1.33 bits per heavy atom. The van der Waals surface area contributed by atoms with Crippen molar-refractivity contribution in [3.63, 3.8) is 0 Å². The highest BCUT2D eigenvalue weighted by atomic mass is 16.1. The summed E-state index contributed by atoms with van der Waals surface area (Å²) >= 11 is 0. The minimum Gasteiger partial charge on any atom is -0.355 e. The summed E-state index contributed by atoms with van der Waals surface area (Å²) in [6, 6.07) is 28.6. The molecule has 3 aromatic carbocycles. The summed E-state index contributed by atoms with van der Waals surface area (Å²) in [5, 5.41) is 3.00. The van der Waals surface area contributed by atoms with Crippen molar-refractivity contribution in [3.8, 4) is 11.1 Å². The number of nitrogens with one attached hydrogen (secondary N) is 1. The molecule has 0 aliphatic carbocycles. The van der Waals surface area contributed by atoms with Gasteiger partial charge in [-0.1, -0.05) is 84.9 Å². The van der Waals surface area contributed by atoms with Gasteiger partial charge in [0, 0.05) is 6.54 Å². The fourth-order valence-electron chi connectivity index (χ4n) is 2.73. The lowest BCUT2D eigenvalue weighted by molar-refractivity contribution is -0.120. The Balaban J connectivity index is 1.55. The van der Waals surface area contributed by atoms with E-state index in [0.29, 0.717) is 13.0 Å². The molecule has 1 amide bonds. The molecule has 3 aromatic rings. The smallest absolute Gasteiger partial charge is 0.224 e. The third-order valence-electron chi connectivity index (χ3n) is 3.98. The topological polar surface area (TPSA) is 29.1 Å². The molecule has 0 aliphatic heterocycles. The number of hydrogen-bond acceptors (Lipinski definition) is 1. The molecule has 3 rings (SSSR count). The first kappa shape index (κ1) is 16.0. The number of carbonyl (C=O) groups is 1. The molecular weight excluding hydrogens is 294 g/mol. The molecule has 0 aromatic heterocycles. The third kappa shape index (κ3) is 4.56. The summed E-state index contributed by atoms with van der Waals surface area (Å²) in [5.41, 5.74) is 4.59. The molecule has 0 radical (unpaired) electrons. The predicted octanol–water partition coefficient (Wildman–Crippen LogP) is 4.26. The van der Waals surface area contributed by atoms with Crippen molar-refractivity contribution >= 4 is 5.91 Å². The highest BCUT2D eigenvalue weighted by Crippen LogP contribution is 2.20. The molecule has 24 heavy (non-hydrogen) atoms. The summed E-state index contributed by atoms with van der Waals surface area (Å²) in [7, 11) is 0. The maximum Gasteiger partial charge on any atom is 0.224 e. The molecule has 0 heterocycles. The average Bonchev–Trinajstić information content (AvgIpc) is 2.63. The Morgan fingerprint density at radius 3 is 2.08 bits per heavy atom. The molecule has 0 fully saturated rings. The van der Waals surface area contributed by atoms with Crippen LogP contribution in [0.4, 0.5) is 0 Å². The highest BCUT2D eigenvalue weighted by Gasteiger charge is 2.05. The number of hydrogen-bond donors (Lipinski definition) is 1. The van der Waals surface area contributed by atoms with Crippen LogP contribution in [0.15, 0.2) is 84.9 Å². The van der Waals surface area contributed by atoms with E-state index < -0.39 is 0 Å². The minimum atomic E-state index is 0.0659. The molecule has 0 saturated heterocycles. The molecule has 120 valence electrons. The molecular formula is C22H21NO. The van der Waals surface area contributed by atoms with Crippen LogP contribution >= 0.6 is 0 Å². The second kappa shape index (κ2) is 8.11. The van der Waals surface area contributed by atoms with E-state index in [-0.39, 0.29) is 5.91 Å². The SMILES string of the molecule is O=C(Cc1cccc(-c2ccccc2)c1)NCCc1ccccc1. The summed E-state index contributed by atoms with van der Waals surface area (Å²) in [6.45, 7) is 0.668. The van der Waals surface area contributed by atoms with Crippen LogP contribution in [-0.4, -0.2) is 12.5 Å². The zero-order valence-corrected chi connectivity index (χ0v) is 13.6. The summed E-state index contributed by atoms with van der Waals surface area (Å²) < 4.78 is 0. The fraction of sp³-hybridized carbons (Fsp3) is 0.136. The molecule has 0 atom stereocenters. The first-order valence-electron chi connectivity index (χ1n) is 8.26. The van der Waals surface area contributed by atoms with Crippen molar-refractivity contribution in [3.05, 3.63) is 96.1 Å². The van der Waals surface area contributed by atoms with Gasteiger partial charge < -0.3 is 5.32 Å². The van der Waals surface area contributed by atoms with Crippen LogP contribution in [-0.2, 0) is 17.6 Å². The van der Waals surface area contributed by atoms with Crippen molar-refractivity contribution < 1.29 is 4.79 Å². The minimum absolute atomic E-state index is 0.0659. The largest absolute Gasteiger partial charge is 0.355 e. The van der Waals surface area contributed by atoms with Gasteiger partial charge in [-0.25, -0.2) is 0 Å². The van der Waals surface area contributed by atoms with Gasteiger partial charge in [-0.2, -0.15) is 0 Å². The van der Waals surface area contributed by atoms with E-state index in [1.807, 2.05) is 48.5 Å². The van der Waals surface area contributed by atoms with E-state index in [1.54, 1.807) is 0 Å².